The average molecular weight is 689 g/mol. The molecular weight excluding hydrogens is 642 g/mol. The van der Waals surface area contributed by atoms with Gasteiger partial charge in [-0.25, -0.2) is 0 Å². The normalized spacial score (nSPS) is 27.2. The van der Waals surface area contributed by atoms with Crippen molar-refractivity contribution in [2.75, 3.05) is 31.1 Å². The largest absolute Gasteiger partial charge is 0.460 e. The second-order valence-corrected chi connectivity index (χ2v) is 13.5. The Balaban J connectivity index is 1.66. The molecule has 4 rings (SSSR count). The second kappa shape index (κ2) is 15.0. The molecule has 3 aliphatic rings. The van der Waals surface area contributed by atoms with Crippen LogP contribution < -0.4 is 10.2 Å². The van der Waals surface area contributed by atoms with Gasteiger partial charge in [-0.15, -0.1) is 13.2 Å². The summed E-state index contributed by atoms with van der Waals surface area (Å²) in [6.07, 6.45) is 5.11. The Hall–Kier alpha value is -3.02. The second-order valence-electron chi connectivity index (χ2n) is 12.3. The Bertz CT molecular complexity index is 1280. The number of nitrogens with one attached hydrogen (secondary N) is 1. The summed E-state index contributed by atoms with van der Waals surface area (Å²) in [5.41, 5.74) is 1.37. The predicted molar refractivity (Wildman–Crippen MR) is 175 cm³/mol. The van der Waals surface area contributed by atoms with Crippen LogP contribution in [0.4, 0.5) is 5.69 Å². The maximum absolute atomic E-state index is 14.8. The molecule has 3 fully saturated rings. The molecule has 3 amide bonds. The number of benzene rings is 1. The summed E-state index contributed by atoms with van der Waals surface area (Å²) >= 11 is 3.70. The van der Waals surface area contributed by atoms with Gasteiger partial charge in [0.05, 0.1) is 24.5 Å². The number of unbranched alkanes of at least 4 members (excludes halogenated alkanes) is 2. The van der Waals surface area contributed by atoms with Crippen LogP contribution in [0, 0.1) is 25.7 Å². The van der Waals surface area contributed by atoms with E-state index >= 15 is 0 Å². The van der Waals surface area contributed by atoms with Gasteiger partial charge in [-0.3, -0.25) is 19.2 Å². The summed E-state index contributed by atoms with van der Waals surface area (Å²) in [5, 5.41) is 12.1. The Kier molecular flexibility index (Phi) is 11.7. The maximum atomic E-state index is 14.8. The lowest BCUT2D eigenvalue weighted by Crippen LogP contribution is -2.57. The van der Waals surface area contributed by atoms with E-state index in [1.165, 1.54) is 0 Å². The number of alkyl halides is 1. The molecule has 11 heteroatoms. The van der Waals surface area contributed by atoms with Gasteiger partial charge < -0.3 is 29.7 Å². The number of halogens is 1. The highest BCUT2D eigenvalue weighted by molar-refractivity contribution is 9.09. The van der Waals surface area contributed by atoms with E-state index in [9.17, 15) is 24.3 Å². The number of carbonyl (C=O) groups is 4. The number of aryl methyl sites for hydroxylation is 2. The summed E-state index contributed by atoms with van der Waals surface area (Å²) in [6.45, 7) is 13.8. The molecule has 45 heavy (non-hydrogen) atoms. The molecule has 10 nitrogen and oxygen atoms in total. The lowest BCUT2D eigenvalue weighted by Gasteiger charge is -2.38. The average Bonchev–Trinajstić information content (AvgIpc) is 3.59. The SMILES string of the molecule is C=CCCC(=O)NC[C@H](C)OC(=O)[C@@H]1[C@H]2O[C@@]3(CC2Br)[C@H](C(=O)N(CC=C)c2c(C)cccc2C)N(CCCCCO)C(=O)[C@@H]13. The molecule has 1 spiro atoms. The Morgan fingerprint density at radius 3 is 2.58 bits per heavy atom. The van der Waals surface area contributed by atoms with E-state index in [2.05, 4.69) is 34.4 Å². The zero-order valence-corrected chi connectivity index (χ0v) is 28.1. The molecule has 0 aromatic heterocycles. The number of rotatable bonds is 16. The van der Waals surface area contributed by atoms with E-state index in [1.807, 2.05) is 32.0 Å². The van der Waals surface area contributed by atoms with Gasteiger partial charge in [0.2, 0.25) is 11.8 Å². The number of aliphatic hydroxyl groups is 1. The highest BCUT2D eigenvalue weighted by Crippen LogP contribution is 2.60. The van der Waals surface area contributed by atoms with Gasteiger partial charge in [0.25, 0.3) is 5.91 Å². The van der Waals surface area contributed by atoms with Crippen LogP contribution >= 0.6 is 15.9 Å². The number of anilines is 1. The third kappa shape index (κ3) is 6.90. The van der Waals surface area contributed by atoms with E-state index in [0.717, 1.165) is 16.8 Å². The molecule has 1 aromatic carbocycles. The fourth-order valence-corrected chi connectivity index (χ4v) is 8.13. The van der Waals surface area contributed by atoms with Crippen LogP contribution in [0.5, 0.6) is 0 Å². The molecule has 2 N–H and O–H groups in total. The monoisotopic (exact) mass is 687 g/mol. The van der Waals surface area contributed by atoms with Gasteiger partial charge in [-0.05, 0) is 64.0 Å². The summed E-state index contributed by atoms with van der Waals surface area (Å²) < 4.78 is 12.4. The van der Waals surface area contributed by atoms with Crippen molar-refractivity contribution in [3.63, 3.8) is 0 Å². The molecular formula is C34H46BrN3O7. The van der Waals surface area contributed by atoms with Gasteiger partial charge in [0.1, 0.15) is 17.7 Å². The molecule has 246 valence electrons. The minimum Gasteiger partial charge on any atom is -0.460 e. The fraction of sp³-hybridized carbons (Fsp3) is 0.588. The van der Waals surface area contributed by atoms with Crippen molar-refractivity contribution < 1.29 is 33.8 Å². The maximum Gasteiger partial charge on any atom is 0.312 e. The molecule has 0 saturated carbocycles. The number of esters is 1. The predicted octanol–water partition coefficient (Wildman–Crippen LogP) is 3.75. The molecule has 1 unspecified atom stereocenters. The van der Waals surface area contributed by atoms with Crippen molar-refractivity contribution in [2.45, 2.75) is 88.0 Å². The number of para-hydroxylation sites is 1. The Morgan fingerprint density at radius 2 is 1.93 bits per heavy atom. The third-order valence-corrected chi connectivity index (χ3v) is 9.96. The highest BCUT2D eigenvalue weighted by atomic mass is 79.9. The van der Waals surface area contributed by atoms with Crippen LogP contribution in [0.1, 0.15) is 56.6 Å². The van der Waals surface area contributed by atoms with E-state index in [-0.39, 0.29) is 48.8 Å². The van der Waals surface area contributed by atoms with Crippen molar-refractivity contribution in [1.82, 2.24) is 10.2 Å². The number of hydrogen-bond donors (Lipinski definition) is 2. The summed E-state index contributed by atoms with van der Waals surface area (Å²) in [4.78, 5) is 58.0. The molecule has 3 heterocycles. The fourth-order valence-electron chi connectivity index (χ4n) is 7.19. The summed E-state index contributed by atoms with van der Waals surface area (Å²) in [6, 6.07) is 4.86. The lowest BCUT2D eigenvalue weighted by molar-refractivity contribution is -0.159. The van der Waals surface area contributed by atoms with Gasteiger partial charge in [0.15, 0.2) is 0 Å². The van der Waals surface area contributed by atoms with Gasteiger partial charge in [0, 0.05) is 36.6 Å². The molecule has 7 atom stereocenters. The number of aliphatic hydroxyl groups excluding tert-OH is 1. The van der Waals surface area contributed by atoms with E-state index in [1.54, 1.807) is 28.9 Å². The van der Waals surface area contributed by atoms with Crippen LogP contribution in [0.3, 0.4) is 0 Å². The van der Waals surface area contributed by atoms with Crippen molar-refractivity contribution in [1.29, 1.82) is 0 Å². The van der Waals surface area contributed by atoms with Gasteiger partial charge >= 0.3 is 5.97 Å². The number of ether oxygens (including phenoxy) is 2. The van der Waals surface area contributed by atoms with Crippen LogP contribution in [-0.2, 0) is 28.7 Å². The lowest BCUT2D eigenvalue weighted by atomic mass is 9.70. The smallest absolute Gasteiger partial charge is 0.312 e. The highest BCUT2D eigenvalue weighted by Gasteiger charge is 2.77. The van der Waals surface area contributed by atoms with E-state index in [4.69, 9.17) is 9.47 Å². The molecule has 2 bridgehead atoms. The minimum absolute atomic E-state index is 0.0411. The molecule has 3 aliphatic heterocycles. The van der Waals surface area contributed by atoms with Crippen molar-refractivity contribution in [2.24, 2.45) is 11.8 Å². The third-order valence-electron chi connectivity index (χ3n) is 9.12. The topological polar surface area (TPSA) is 125 Å². The zero-order chi connectivity index (χ0) is 32.9. The molecule has 3 saturated heterocycles. The van der Waals surface area contributed by atoms with Crippen LogP contribution in [0.25, 0.3) is 0 Å². The number of allylic oxidation sites excluding steroid dienone is 1. The first kappa shape index (κ1) is 34.8. The van der Waals surface area contributed by atoms with E-state index in [0.29, 0.717) is 38.5 Å². The number of carbonyl (C=O) groups excluding carboxylic acids is 4. The van der Waals surface area contributed by atoms with Crippen molar-refractivity contribution in [3.8, 4) is 0 Å². The standard InChI is InChI=1S/C34H46BrN3O7/c1-6-8-15-25(40)36-20-23(5)44-33(43)26-27-31(41)38(17-10-9-11-18-39)30(34(27)19-24(35)29(26)45-34)32(42)37(16-7-2)28-21(3)13-12-14-22(28)4/h6-7,12-14,23-24,26-27,29-30,39H,1-2,8-11,15-20H2,3-5H3,(H,36,40)/t23-,24?,26-,27+,29-,30-,34+/m0/s1. The summed E-state index contributed by atoms with van der Waals surface area (Å²) in [7, 11) is 0. The molecule has 0 radical (unpaired) electrons. The van der Waals surface area contributed by atoms with Crippen LogP contribution in [0.2, 0.25) is 0 Å². The number of hydrogen-bond acceptors (Lipinski definition) is 7. The number of amides is 3. The first-order valence-corrected chi connectivity index (χ1v) is 16.7. The number of nitrogens with zero attached hydrogens (tertiary/aromatic N) is 2. The van der Waals surface area contributed by atoms with Crippen LogP contribution in [0.15, 0.2) is 43.5 Å². The summed E-state index contributed by atoms with van der Waals surface area (Å²) in [5.74, 6) is -3.14. The Labute approximate surface area is 274 Å². The van der Waals surface area contributed by atoms with Crippen LogP contribution in [-0.4, -0.2) is 88.6 Å². The van der Waals surface area contributed by atoms with Crippen molar-refractivity contribution in [3.05, 3.63) is 54.6 Å². The zero-order valence-electron chi connectivity index (χ0n) is 26.5. The van der Waals surface area contributed by atoms with Gasteiger partial charge in [-0.2, -0.15) is 0 Å². The first-order valence-electron chi connectivity index (χ1n) is 15.8. The minimum atomic E-state index is -1.23. The number of likely N-dealkylation sites (tertiary alicyclic amines) is 1. The van der Waals surface area contributed by atoms with Gasteiger partial charge in [-0.1, -0.05) is 46.3 Å². The first-order chi connectivity index (χ1) is 21.5. The van der Waals surface area contributed by atoms with E-state index < -0.39 is 41.7 Å². The van der Waals surface area contributed by atoms with Crippen molar-refractivity contribution >= 4 is 45.3 Å². The quantitative estimate of drug-likeness (QED) is 0.117. The molecule has 1 aromatic rings. The molecule has 0 aliphatic carbocycles. The Morgan fingerprint density at radius 1 is 1.22 bits per heavy atom. The number of fused-ring (bicyclic) bond motifs is 1.